The van der Waals surface area contributed by atoms with Crippen LogP contribution in [-0.2, 0) is 9.53 Å². The Balaban J connectivity index is 3.29. The predicted octanol–water partition coefficient (Wildman–Crippen LogP) is 2.69. The van der Waals surface area contributed by atoms with Crippen LogP contribution in [0.25, 0.3) is 0 Å². The van der Waals surface area contributed by atoms with E-state index in [-0.39, 0.29) is 12.5 Å². The molecule has 0 radical (unpaired) electrons. The maximum absolute atomic E-state index is 11.5. The van der Waals surface area contributed by atoms with Gasteiger partial charge in [-0.2, -0.15) is 0 Å². The monoisotopic (exact) mass is 317 g/mol. The molecule has 0 aliphatic rings. The number of nitrogens with zero attached hydrogens (tertiary/aromatic N) is 1. The summed E-state index contributed by atoms with van der Waals surface area (Å²) in [5.74, 6) is -0.152. The summed E-state index contributed by atoms with van der Waals surface area (Å²) < 4.78 is 5.12. The summed E-state index contributed by atoms with van der Waals surface area (Å²) in [4.78, 5) is 13.2. The molecule has 0 fully saturated rings. The highest BCUT2D eigenvalue weighted by atomic mass is 16.5. The van der Waals surface area contributed by atoms with Crippen molar-refractivity contribution in [2.24, 2.45) is 0 Å². The van der Waals surface area contributed by atoms with Gasteiger partial charge in [0.15, 0.2) is 6.29 Å². The van der Waals surface area contributed by atoms with Gasteiger partial charge >= 0.3 is 5.97 Å². The van der Waals surface area contributed by atoms with E-state index in [4.69, 9.17) is 14.9 Å². The smallest absolute Gasteiger partial charge is 0.305 e. The zero-order valence-corrected chi connectivity index (χ0v) is 14.4. The van der Waals surface area contributed by atoms with Crippen LogP contribution in [0, 0.1) is 0 Å². The second-order valence-electron chi connectivity index (χ2n) is 6.04. The highest BCUT2D eigenvalue weighted by Crippen LogP contribution is 2.10. The minimum absolute atomic E-state index is 0.152. The Kier molecular flexibility index (Phi) is 14.8. The first kappa shape index (κ1) is 21.4. The van der Waals surface area contributed by atoms with Crippen molar-refractivity contribution >= 4 is 5.97 Å². The van der Waals surface area contributed by atoms with Crippen molar-refractivity contribution in [1.82, 2.24) is 4.90 Å². The molecule has 0 amide bonds. The SMILES string of the molecule is CCCCCCCCCCCC(=O)OCCN(C)CC(O)O. The number of hydrogen-bond donors (Lipinski definition) is 2. The fraction of sp³-hybridized carbons (Fsp3) is 0.941. The van der Waals surface area contributed by atoms with Gasteiger partial charge in [-0.3, -0.25) is 9.69 Å². The van der Waals surface area contributed by atoms with Gasteiger partial charge in [0.05, 0.1) is 0 Å². The van der Waals surface area contributed by atoms with Crippen molar-refractivity contribution in [1.29, 1.82) is 0 Å². The van der Waals surface area contributed by atoms with Crippen LogP contribution in [0.3, 0.4) is 0 Å². The summed E-state index contributed by atoms with van der Waals surface area (Å²) in [6, 6.07) is 0. The molecule has 0 saturated heterocycles. The standard InChI is InChI=1S/C17H35NO4/c1-3-4-5-6-7-8-9-10-11-12-17(21)22-14-13-18(2)15-16(19)20/h16,19-20H,3-15H2,1-2H3. The van der Waals surface area contributed by atoms with Gasteiger partial charge in [0.25, 0.3) is 0 Å². The lowest BCUT2D eigenvalue weighted by Gasteiger charge is -2.17. The molecule has 0 unspecified atom stereocenters. The van der Waals surface area contributed by atoms with Gasteiger partial charge < -0.3 is 14.9 Å². The Hall–Kier alpha value is -0.650. The third-order valence-electron chi connectivity index (χ3n) is 3.70. The number of hydrogen-bond acceptors (Lipinski definition) is 5. The normalized spacial score (nSPS) is 11.4. The molecule has 0 atom stereocenters. The van der Waals surface area contributed by atoms with Crippen molar-refractivity contribution in [3.8, 4) is 0 Å². The molecule has 0 aromatic heterocycles. The number of rotatable bonds is 15. The minimum atomic E-state index is -1.34. The highest BCUT2D eigenvalue weighted by molar-refractivity contribution is 5.69. The molecule has 2 N–H and O–H groups in total. The Morgan fingerprint density at radius 2 is 1.55 bits per heavy atom. The molecule has 0 aliphatic carbocycles. The van der Waals surface area contributed by atoms with Crippen LogP contribution >= 0.6 is 0 Å². The number of aliphatic hydroxyl groups excluding tert-OH is 1. The second-order valence-corrected chi connectivity index (χ2v) is 6.04. The summed E-state index contributed by atoms with van der Waals surface area (Å²) in [7, 11) is 1.76. The number of likely N-dealkylation sites (N-methyl/N-ethyl adjacent to an activating group) is 1. The van der Waals surface area contributed by atoms with Gasteiger partial charge in [0, 0.05) is 19.5 Å². The van der Waals surface area contributed by atoms with Crippen LogP contribution in [0.1, 0.15) is 71.1 Å². The molecule has 5 heteroatoms. The molecule has 0 spiro atoms. The Bertz CT molecular complexity index is 259. The zero-order chi connectivity index (χ0) is 16.6. The van der Waals surface area contributed by atoms with E-state index < -0.39 is 6.29 Å². The molecule has 0 heterocycles. The molecule has 22 heavy (non-hydrogen) atoms. The minimum Gasteiger partial charge on any atom is -0.464 e. The van der Waals surface area contributed by atoms with E-state index in [2.05, 4.69) is 6.92 Å². The maximum Gasteiger partial charge on any atom is 0.305 e. The molecular formula is C17H35NO4. The van der Waals surface area contributed by atoms with E-state index in [0.717, 1.165) is 12.8 Å². The van der Waals surface area contributed by atoms with Gasteiger partial charge in [0.1, 0.15) is 6.61 Å². The fourth-order valence-corrected chi connectivity index (χ4v) is 2.34. The largest absolute Gasteiger partial charge is 0.464 e. The van der Waals surface area contributed by atoms with Crippen LogP contribution in [0.2, 0.25) is 0 Å². The summed E-state index contributed by atoms with van der Waals surface area (Å²) in [5.41, 5.74) is 0. The lowest BCUT2D eigenvalue weighted by atomic mass is 10.1. The summed E-state index contributed by atoms with van der Waals surface area (Å²) >= 11 is 0. The van der Waals surface area contributed by atoms with E-state index in [1.54, 1.807) is 11.9 Å². The first-order chi connectivity index (χ1) is 10.6. The summed E-state index contributed by atoms with van der Waals surface area (Å²) in [5, 5.41) is 17.6. The maximum atomic E-state index is 11.5. The number of unbranched alkanes of at least 4 members (excludes halogenated alkanes) is 8. The van der Waals surface area contributed by atoms with E-state index in [9.17, 15) is 4.79 Å². The summed E-state index contributed by atoms with van der Waals surface area (Å²) in [6.45, 7) is 3.21. The molecule has 0 bridgehead atoms. The molecule has 0 saturated carbocycles. The average molecular weight is 317 g/mol. The lowest BCUT2D eigenvalue weighted by Crippen LogP contribution is -2.31. The molecule has 0 aliphatic heterocycles. The number of carbonyl (C=O) groups excluding carboxylic acids is 1. The molecule has 0 aromatic carbocycles. The van der Waals surface area contributed by atoms with Crippen LogP contribution in [0.15, 0.2) is 0 Å². The lowest BCUT2D eigenvalue weighted by molar-refractivity contribution is -0.144. The fourth-order valence-electron chi connectivity index (χ4n) is 2.34. The number of aliphatic hydroxyl groups is 2. The first-order valence-corrected chi connectivity index (χ1v) is 8.76. The van der Waals surface area contributed by atoms with Crippen molar-refractivity contribution in [2.75, 3.05) is 26.7 Å². The second kappa shape index (κ2) is 15.3. The van der Waals surface area contributed by atoms with E-state index in [1.807, 2.05) is 0 Å². The van der Waals surface area contributed by atoms with E-state index in [1.165, 1.54) is 44.9 Å². The number of ether oxygens (including phenoxy) is 1. The van der Waals surface area contributed by atoms with Crippen molar-refractivity contribution in [3.05, 3.63) is 0 Å². The zero-order valence-electron chi connectivity index (χ0n) is 14.4. The molecule has 0 aromatic rings. The Morgan fingerprint density at radius 3 is 2.09 bits per heavy atom. The van der Waals surface area contributed by atoms with Crippen LogP contribution in [0.4, 0.5) is 0 Å². The highest BCUT2D eigenvalue weighted by Gasteiger charge is 2.06. The van der Waals surface area contributed by atoms with Crippen molar-refractivity contribution in [2.45, 2.75) is 77.4 Å². The van der Waals surface area contributed by atoms with Gasteiger partial charge in [0.2, 0.25) is 0 Å². The number of carbonyl (C=O) groups is 1. The van der Waals surface area contributed by atoms with Crippen LogP contribution in [-0.4, -0.2) is 54.1 Å². The molecule has 5 nitrogen and oxygen atoms in total. The van der Waals surface area contributed by atoms with E-state index >= 15 is 0 Å². The molecule has 0 rings (SSSR count). The van der Waals surface area contributed by atoms with Gasteiger partial charge in [-0.1, -0.05) is 58.3 Å². The van der Waals surface area contributed by atoms with Crippen LogP contribution < -0.4 is 0 Å². The Morgan fingerprint density at radius 1 is 1.00 bits per heavy atom. The number of esters is 1. The average Bonchev–Trinajstić information content (AvgIpc) is 2.44. The van der Waals surface area contributed by atoms with Gasteiger partial charge in [-0.25, -0.2) is 0 Å². The van der Waals surface area contributed by atoms with Gasteiger partial charge in [-0.15, -0.1) is 0 Å². The molecule has 132 valence electrons. The van der Waals surface area contributed by atoms with Crippen molar-refractivity contribution in [3.63, 3.8) is 0 Å². The summed E-state index contributed by atoms with van der Waals surface area (Å²) in [6.07, 6.45) is 10.3. The van der Waals surface area contributed by atoms with E-state index in [0.29, 0.717) is 19.6 Å². The molecular weight excluding hydrogens is 282 g/mol. The van der Waals surface area contributed by atoms with Crippen molar-refractivity contribution < 1.29 is 19.7 Å². The topological polar surface area (TPSA) is 70.0 Å². The quantitative estimate of drug-likeness (QED) is 0.276. The third kappa shape index (κ3) is 15.7. The van der Waals surface area contributed by atoms with Gasteiger partial charge in [-0.05, 0) is 13.5 Å². The first-order valence-electron chi connectivity index (χ1n) is 8.76. The predicted molar refractivity (Wildman–Crippen MR) is 88.5 cm³/mol. The third-order valence-corrected chi connectivity index (χ3v) is 3.70. The van der Waals surface area contributed by atoms with Crippen LogP contribution in [0.5, 0.6) is 0 Å². The Labute approximate surface area is 135 Å².